The largest absolute Gasteiger partial charge is 0.369 e. The first-order chi connectivity index (χ1) is 13.7. The minimum absolute atomic E-state index is 0.0318. The van der Waals surface area contributed by atoms with Crippen LogP contribution >= 0.6 is 0 Å². The SMILES string of the molecule is N#Cc1cccc(N2C[C@@H]3[C@H](CNC(=O)c4ccccc4)[C@H]4CC[C@]3(C2)O4)n1. The van der Waals surface area contributed by atoms with Crippen molar-refractivity contribution < 1.29 is 9.53 Å². The summed E-state index contributed by atoms with van der Waals surface area (Å²) in [6.07, 6.45) is 2.32. The monoisotopic (exact) mass is 374 g/mol. The van der Waals surface area contributed by atoms with E-state index in [-0.39, 0.29) is 17.6 Å². The van der Waals surface area contributed by atoms with Gasteiger partial charge < -0.3 is 15.0 Å². The molecule has 142 valence electrons. The van der Waals surface area contributed by atoms with Crippen molar-refractivity contribution in [1.29, 1.82) is 5.26 Å². The Morgan fingerprint density at radius 1 is 1.29 bits per heavy atom. The van der Waals surface area contributed by atoms with E-state index in [0.29, 0.717) is 29.6 Å². The van der Waals surface area contributed by atoms with Gasteiger partial charge in [0.2, 0.25) is 0 Å². The number of carbonyl (C=O) groups is 1. The molecule has 2 aromatic rings. The van der Waals surface area contributed by atoms with Crippen LogP contribution in [0.4, 0.5) is 5.82 Å². The molecular formula is C22H22N4O2. The molecule has 3 aliphatic heterocycles. The van der Waals surface area contributed by atoms with Gasteiger partial charge in [-0.1, -0.05) is 24.3 Å². The third kappa shape index (κ3) is 2.74. The number of rotatable bonds is 4. The highest BCUT2D eigenvalue weighted by Crippen LogP contribution is 2.55. The van der Waals surface area contributed by atoms with Crippen LogP contribution in [0.25, 0.3) is 0 Å². The van der Waals surface area contributed by atoms with Crippen molar-refractivity contribution in [1.82, 2.24) is 10.3 Å². The fourth-order valence-electron chi connectivity index (χ4n) is 5.20. The van der Waals surface area contributed by atoms with Crippen molar-refractivity contribution in [3.05, 3.63) is 59.8 Å². The van der Waals surface area contributed by atoms with E-state index in [2.05, 4.69) is 21.3 Å². The van der Waals surface area contributed by atoms with E-state index in [0.717, 1.165) is 31.7 Å². The molecule has 1 aromatic carbocycles. The molecule has 3 aliphatic rings. The summed E-state index contributed by atoms with van der Waals surface area (Å²) in [5, 5.41) is 12.2. The number of amides is 1. The predicted octanol–water partition coefficient (Wildman–Crippen LogP) is 2.37. The molecule has 6 heteroatoms. The molecule has 2 bridgehead atoms. The molecule has 0 radical (unpaired) electrons. The Balaban J connectivity index is 1.31. The number of benzene rings is 1. The molecule has 1 amide bonds. The Morgan fingerprint density at radius 3 is 2.96 bits per heavy atom. The topological polar surface area (TPSA) is 78.2 Å². The summed E-state index contributed by atoms with van der Waals surface area (Å²) >= 11 is 0. The van der Waals surface area contributed by atoms with Crippen LogP contribution in [0.5, 0.6) is 0 Å². The third-order valence-electron chi connectivity index (χ3n) is 6.49. The highest BCUT2D eigenvalue weighted by atomic mass is 16.5. The highest BCUT2D eigenvalue weighted by Gasteiger charge is 2.63. The number of ether oxygens (including phenoxy) is 1. The highest BCUT2D eigenvalue weighted by molar-refractivity contribution is 5.94. The van der Waals surface area contributed by atoms with Gasteiger partial charge in [-0.15, -0.1) is 0 Å². The van der Waals surface area contributed by atoms with Gasteiger partial charge in [-0.25, -0.2) is 4.98 Å². The van der Waals surface area contributed by atoms with E-state index in [1.54, 1.807) is 6.07 Å². The molecular weight excluding hydrogens is 352 g/mol. The zero-order valence-corrected chi connectivity index (χ0v) is 15.5. The maximum Gasteiger partial charge on any atom is 0.251 e. The molecule has 0 unspecified atom stereocenters. The van der Waals surface area contributed by atoms with E-state index < -0.39 is 0 Å². The number of hydrogen-bond donors (Lipinski definition) is 1. The number of hydrogen-bond acceptors (Lipinski definition) is 5. The van der Waals surface area contributed by atoms with Gasteiger partial charge in [0.05, 0.1) is 11.7 Å². The first-order valence-electron chi connectivity index (χ1n) is 9.82. The van der Waals surface area contributed by atoms with Crippen LogP contribution < -0.4 is 10.2 Å². The Bertz CT molecular complexity index is 941. The summed E-state index contributed by atoms with van der Waals surface area (Å²) in [4.78, 5) is 19.1. The average molecular weight is 374 g/mol. The molecule has 0 saturated carbocycles. The van der Waals surface area contributed by atoms with Gasteiger partial charge in [0.1, 0.15) is 17.6 Å². The van der Waals surface area contributed by atoms with Crippen molar-refractivity contribution in [3.8, 4) is 6.07 Å². The van der Waals surface area contributed by atoms with E-state index in [1.807, 2.05) is 42.5 Å². The Morgan fingerprint density at radius 2 is 2.14 bits per heavy atom. The van der Waals surface area contributed by atoms with E-state index in [1.165, 1.54) is 0 Å². The first kappa shape index (κ1) is 17.2. The first-order valence-corrected chi connectivity index (χ1v) is 9.82. The summed E-state index contributed by atoms with van der Waals surface area (Å²) in [5.74, 6) is 1.48. The lowest BCUT2D eigenvalue weighted by molar-refractivity contribution is 0.0141. The Kier molecular flexibility index (Phi) is 4.06. The molecule has 3 saturated heterocycles. The van der Waals surface area contributed by atoms with Crippen LogP contribution in [0.15, 0.2) is 48.5 Å². The predicted molar refractivity (Wildman–Crippen MR) is 104 cm³/mol. The van der Waals surface area contributed by atoms with E-state index in [9.17, 15) is 4.79 Å². The van der Waals surface area contributed by atoms with Crippen LogP contribution in [0, 0.1) is 23.2 Å². The summed E-state index contributed by atoms with van der Waals surface area (Å²) in [6.45, 7) is 2.29. The summed E-state index contributed by atoms with van der Waals surface area (Å²) < 4.78 is 6.46. The molecule has 6 nitrogen and oxygen atoms in total. The zero-order valence-electron chi connectivity index (χ0n) is 15.5. The molecule has 28 heavy (non-hydrogen) atoms. The lowest BCUT2D eigenvalue weighted by Crippen LogP contribution is -2.41. The maximum atomic E-state index is 12.5. The van der Waals surface area contributed by atoms with Crippen LogP contribution in [0.2, 0.25) is 0 Å². The minimum atomic E-state index is -0.142. The quantitative estimate of drug-likeness (QED) is 0.889. The summed E-state index contributed by atoms with van der Waals surface area (Å²) in [6, 6.07) is 17.0. The van der Waals surface area contributed by atoms with Crippen LogP contribution in [-0.4, -0.2) is 42.2 Å². The third-order valence-corrected chi connectivity index (χ3v) is 6.49. The number of fused-ring (bicyclic) bond motifs is 1. The Labute approximate surface area is 164 Å². The van der Waals surface area contributed by atoms with Gasteiger partial charge in [-0.2, -0.15) is 5.26 Å². The number of pyridine rings is 1. The standard InChI is InChI=1S/C22H22N4O2/c23-11-16-7-4-8-20(25-16)26-13-18-17(19-9-10-22(18,14-26)28-19)12-24-21(27)15-5-2-1-3-6-15/h1-8,17-19H,9-10,12-14H2,(H,24,27)/t17-,18+,19+,22+/m0/s1. The number of nitrogens with one attached hydrogen (secondary N) is 1. The average Bonchev–Trinajstić information content (AvgIpc) is 3.41. The molecule has 4 atom stereocenters. The number of nitrogens with zero attached hydrogens (tertiary/aromatic N) is 3. The molecule has 1 N–H and O–H groups in total. The fraction of sp³-hybridized carbons (Fsp3) is 0.409. The number of anilines is 1. The second-order valence-electron chi connectivity index (χ2n) is 7.98. The number of nitriles is 1. The molecule has 1 aromatic heterocycles. The molecule has 0 aliphatic carbocycles. The van der Waals surface area contributed by atoms with Crippen molar-refractivity contribution in [2.75, 3.05) is 24.5 Å². The molecule has 4 heterocycles. The van der Waals surface area contributed by atoms with Crippen LogP contribution in [-0.2, 0) is 4.74 Å². The summed E-state index contributed by atoms with van der Waals surface area (Å²) in [7, 11) is 0. The van der Waals surface area contributed by atoms with Crippen molar-refractivity contribution >= 4 is 11.7 Å². The minimum Gasteiger partial charge on any atom is -0.369 e. The van der Waals surface area contributed by atoms with Gasteiger partial charge in [0.15, 0.2) is 0 Å². The molecule has 3 fully saturated rings. The number of aromatic nitrogens is 1. The normalized spacial score (nSPS) is 30.1. The van der Waals surface area contributed by atoms with E-state index in [4.69, 9.17) is 10.00 Å². The van der Waals surface area contributed by atoms with Crippen molar-refractivity contribution in [2.45, 2.75) is 24.5 Å². The van der Waals surface area contributed by atoms with Gasteiger partial charge in [0, 0.05) is 37.0 Å². The van der Waals surface area contributed by atoms with Crippen LogP contribution in [0.3, 0.4) is 0 Å². The van der Waals surface area contributed by atoms with Gasteiger partial charge in [-0.05, 0) is 37.1 Å². The van der Waals surface area contributed by atoms with Gasteiger partial charge in [-0.3, -0.25) is 4.79 Å². The van der Waals surface area contributed by atoms with Gasteiger partial charge >= 0.3 is 0 Å². The van der Waals surface area contributed by atoms with Gasteiger partial charge in [0.25, 0.3) is 5.91 Å². The lowest BCUT2D eigenvalue weighted by Gasteiger charge is -2.29. The second kappa shape index (κ2) is 6.61. The maximum absolute atomic E-state index is 12.5. The fourth-order valence-corrected chi connectivity index (χ4v) is 5.20. The molecule has 1 spiro atoms. The zero-order chi connectivity index (χ0) is 19.1. The van der Waals surface area contributed by atoms with Crippen molar-refractivity contribution in [3.63, 3.8) is 0 Å². The second-order valence-corrected chi connectivity index (χ2v) is 7.98. The smallest absolute Gasteiger partial charge is 0.251 e. The lowest BCUT2D eigenvalue weighted by atomic mass is 9.73. The Hall–Kier alpha value is -2.91. The van der Waals surface area contributed by atoms with E-state index >= 15 is 0 Å². The molecule has 5 rings (SSSR count). The number of carbonyl (C=O) groups excluding carboxylic acids is 1. The van der Waals surface area contributed by atoms with Crippen molar-refractivity contribution in [2.24, 2.45) is 11.8 Å². The van der Waals surface area contributed by atoms with Crippen LogP contribution in [0.1, 0.15) is 28.9 Å². The summed E-state index contributed by atoms with van der Waals surface area (Å²) in [5.41, 5.74) is 0.979.